The van der Waals surface area contributed by atoms with Crippen LogP contribution in [0.1, 0.15) is 50.3 Å². The highest BCUT2D eigenvalue weighted by atomic mass is 127. The van der Waals surface area contributed by atoms with Gasteiger partial charge in [0.15, 0.2) is 5.96 Å². The lowest BCUT2D eigenvalue weighted by Gasteiger charge is -2.47. The van der Waals surface area contributed by atoms with Crippen molar-refractivity contribution in [2.45, 2.75) is 57.9 Å². The van der Waals surface area contributed by atoms with Crippen LogP contribution < -0.4 is 10.6 Å². The van der Waals surface area contributed by atoms with Gasteiger partial charge in [0.05, 0.1) is 19.8 Å². The summed E-state index contributed by atoms with van der Waals surface area (Å²) in [6, 6.07) is 4.23. The van der Waals surface area contributed by atoms with E-state index in [1.807, 2.05) is 13.1 Å². The molecule has 0 atom stereocenters. The highest BCUT2D eigenvalue weighted by Gasteiger charge is 2.38. The van der Waals surface area contributed by atoms with Crippen molar-refractivity contribution >= 4 is 29.9 Å². The van der Waals surface area contributed by atoms with E-state index < -0.39 is 0 Å². The van der Waals surface area contributed by atoms with Crippen LogP contribution in [0, 0.1) is 6.92 Å². The Balaban J connectivity index is 0.00000300. The number of nitrogens with zero attached hydrogens (tertiary/aromatic N) is 3. The predicted molar refractivity (Wildman–Crippen MR) is 130 cm³/mol. The summed E-state index contributed by atoms with van der Waals surface area (Å²) in [7, 11) is 0. The minimum absolute atomic E-state index is 0. The lowest BCUT2D eigenvalue weighted by molar-refractivity contribution is -0.0333. The second-order valence-corrected chi connectivity index (χ2v) is 8.06. The van der Waals surface area contributed by atoms with E-state index in [2.05, 4.69) is 39.6 Å². The number of nitrogens with one attached hydrogen (secondary N) is 2. The Kier molecular flexibility index (Phi) is 10.7. The van der Waals surface area contributed by atoms with Gasteiger partial charge in [0.1, 0.15) is 0 Å². The maximum absolute atomic E-state index is 5.59. The molecule has 2 heterocycles. The van der Waals surface area contributed by atoms with Crippen LogP contribution in [0.2, 0.25) is 0 Å². The van der Waals surface area contributed by atoms with Crippen LogP contribution in [0.25, 0.3) is 0 Å². The fourth-order valence-corrected chi connectivity index (χ4v) is 4.36. The summed E-state index contributed by atoms with van der Waals surface area (Å²) in [6.07, 6.45) is 9.42. The monoisotopic (exact) mass is 515 g/mol. The predicted octanol–water partition coefficient (Wildman–Crippen LogP) is 3.14. The summed E-state index contributed by atoms with van der Waals surface area (Å²) < 4.78 is 5.59. The summed E-state index contributed by atoms with van der Waals surface area (Å²) in [5, 5.41) is 6.93. The van der Waals surface area contributed by atoms with E-state index in [1.54, 1.807) is 0 Å². The molecule has 2 N–H and O–H groups in total. The van der Waals surface area contributed by atoms with Gasteiger partial charge in [-0.15, -0.1) is 24.0 Å². The smallest absolute Gasteiger partial charge is 0.191 e. The molecule has 1 aliphatic heterocycles. The zero-order valence-electron chi connectivity index (χ0n) is 18.1. The molecule has 164 valence electrons. The third kappa shape index (κ3) is 7.36. The molecule has 0 amide bonds. The van der Waals surface area contributed by atoms with Crippen LogP contribution >= 0.6 is 24.0 Å². The average Bonchev–Trinajstić information content (AvgIpc) is 2.75. The lowest BCUT2D eigenvalue weighted by atomic mass is 9.80. The van der Waals surface area contributed by atoms with Gasteiger partial charge < -0.3 is 15.4 Å². The number of guanidine groups is 1. The Bertz CT molecular complexity index is 610. The number of aromatic nitrogens is 1. The van der Waals surface area contributed by atoms with Gasteiger partial charge in [0.25, 0.3) is 0 Å². The first-order valence-electron chi connectivity index (χ1n) is 11.0. The standard InChI is InChI=1S/C22H37N5O.HI/c1-3-23-21(24-12-9-20-8-7-19(2)25-17-20)26-18-22(10-5-4-6-11-22)27-13-15-28-16-14-27;/h7-8,17H,3-6,9-16,18H2,1-2H3,(H2,23,24,26);1H. The van der Waals surface area contributed by atoms with Crippen molar-refractivity contribution in [1.82, 2.24) is 20.5 Å². The van der Waals surface area contributed by atoms with E-state index in [0.29, 0.717) is 0 Å². The Hall–Kier alpha value is -0.930. The molecule has 1 aliphatic carbocycles. The highest BCUT2D eigenvalue weighted by Crippen LogP contribution is 2.34. The Morgan fingerprint density at radius 3 is 2.59 bits per heavy atom. The first kappa shape index (κ1) is 24.3. The van der Waals surface area contributed by atoms with Crippen molar-refractivity contribution < 1.29 is 4.74 Å². The highest BCUT2D eigenvalue weighted by molar-refractivity contribution is 14.0. The topological polar surface area (TPSA) is 61.8 Å². The van der Waals surface area contributed by atoms with Crippen LogP contribution in [-0.4, -0.2) is 67.3 Å². The summed E-state index contributed by atoms with van der Waals surface area (Å²) in [4.78, 5) is 12.1. The molecule has 0 radical (unpaired) electrons. The summed E-state index contributed by atoms with van der Waals surface area (Å²) in [6.45, 7) is 10.5. The van der Waals surface area contributed by atoms with Crippen LogP contribution in [0.3, 0.4) is 0 Å². The second-order valence-electron chi connectivity index (χ2n) is 8.06. The van der Waals surface area contributed by atoms with Gasteiger partial charge in [-0.25, -0.2) is 0 Å². The van der Waals surface area contributed by atoms with Crippen molar-refractivity contribution in [3.05, 3.63) is 29.6 Å². The van der Waals surface area contributed by atoms with Gasteiger partial charge in [0.2, 0.25) is 0 Å². The number of hydrogen-bond donors (Lipinski definition) is 2. The number of ether oxygens (including phenoxy) is 1. The molecule has 1 aromatic rings. The van der Waals surface area contributed by atoms with Gasteiger partial charge in [0, 0.05) is 43.6 Å². The zero-order chi connectivity index (χ0) is 19.7. The van der Waals surface area contributed by atoms with E-state index in [0.717, 1.165) is 64.0 Å². The van der Waals surface area contributed by atoms with E-state index in [9.17, 15) is 0 Å². The molecule has 1 saturated heterocycles. The average molecular weight is 515 g/mol. The fraction of sp³-hybridized carbons (Fsp3) is 0.727. The van der Waals surface area contributed by atoms with Gasteiger partial charge in [-0.3, -0.25) is 14.9 Å². The SMILES string of the molecule is CCNC(=NCC1(N2CCOCC2)CCCCC1)NCCc1ccc(C)nc1.I. The zero-order valence-corrected chi connectivity index (χ0v) is 20.4. The van der Waals surface area contributed by atoms with Crippen molar-refractivity contribution in [2.75, 3.05) is 45.9 Å². The molecule has 0 spiro atoms. The Morgan fingerprint density at radius 2 is 1.93 bits per heavy atom. The number of halogens is 1. The third-order valence-electron chi connectivity index (χ3n) is 6.02. The van der Waals surface area contributed by atoms with Crippen LogP contribution in [-0.2, 0) is 11.2 Å². The molecule has 1 saturated carbocycles. The number of aliphatic imine (C=N–C) groups is 1. The van der Waals surface area contributed by atoms with E-state index in [-0.39, 0.29) is 29.5 Å². The minimum Gasteiger partial charge on any atom is -0.379 e. The van der Waals surface area contributed by atoms with Crippen molar-refractivity contribution in [3.8, 4) is 0 Å². The molecule has 2 aliphatic rings. The molecule has 7 heteroatoms. The minimum atomic E-state index is 0. The van der Waals surface area contributed by atoms with Crippen molar-refractivity contribution in [3.63, 3.8) is 0 Å². The molecule has 2 fully saturated rings. The quantitative estimate of drug-likeness (QED) is 0.332. The van der Waals surface area contributed by atoms with Crippen LogP contribution in [0.4, 0.5) is 0 Å². The molecule has 0 aromatic carbocycles. The number of aryl methyl sites for hydroxylation is 1. The summed E-state index contributed by atoms with van der Waals surface area (Å²) in [5.41, 5.74) is 2.53. The Morgan fingerprint density at radius 1 is 1.17 bits per heavy atom. The molecule has 0 bridgehead atoms. The molecular formula is C22H38IN5O. The maximum Gasteiger partial charge on any atom is 0.191 e. The maximum atomic E-state index is 5.59. The largest absolute Gasteiger partial charge is 0.379 e. The molecule has 29 heavy (non-hydrogen) atoms. The molecule has 6 nitrogen and oxygen atoms in total. The molecule has 1 aromatic heterocycles. The third-order valence-corrected chi connectivity index (χ3v) is 6.02. The first-order chi connectivity index (χ1) is 13.7. The lowest BCUT2D eigenvalue weighted by Crippen LogP contribution is -2.56. The van der Waals surface area contributed by atoms with Gasteiger partial charge in [-0.2, -0.15) is 0 Å². The van der Waals surface area contributed by atoms with Crippen LogP contribution in [0.5, 0.6) is 0 Å². The molecule has 3 rings (SSSR count). The molecule has 0 unspecified atom stereocenters. The first-order valence-corrected chi connectivity index (χ1v) is 11.0. The van der Waals surface area contributed by atoms with E-state index >= 15 is 0 Å². The van der Waals surface area contributed by atoms with Gasteiger partial charge >= 0.3 is 0 Å². The Labute approximate surface area is 193 Å². The van der Waals surface area contributed by atoms with Crippen molar-refractivity contribution in [1.29, 1.82) is 0 Å². The number of pyridine rings is 1. The number of morpholine rings is 1. The normalized spacial score (nSPS) is 20.0. The fourth-order valence-electron chi connectivity index (χ4n) is 4.36. The number of hydrogen-bond acceptors (Lipinski definition) is 4. The molecular weight excluding hydrogens is 477 g/mol. The summed E-state index contributed by atoms with van der Waals surface area (Å²) in [5.74, 6) is 0.931. The van der Waals surface area contributed by atoms with E-state index in [1.165, 1.54) is 37.7 Å². The van der Waals surface area contributed by atoms with Crippen LogP contribution in [0.15, 0.2) is 23.3 Å². The second kappa shape index (κ2) is 12.7. The number of rotatable bonds is 7. The van der Waals surface area contributed by atoms with E-state index in [4.69, 9.17) is 9.73 Å². The van der Waals surface area contributed by atoms with Crippen molar-refractivity contribution in [2.24, 2.45) is 4.99 Å². The van der Waals surface area contributed by atoms with Gasteiger partial charge in [-0.05, 0) is 44.7 Å². The summed E-state index contributed by atoms with van der Waals surface area (Å²) >= 11 is 0. The van der Waals surface area contributed by atoms with Gasteiger partial charge in [-0.1, -0.05) is 25.3 Å².